The summed E-state index contributed by atoms with van der Waals surface area (Å²) in [4.78, 5) is 1.31. The van der Waals surface area contributed by atoms with E-state index in [1.807, 2.05) is 11.3 Å². The van der Waals surface area contributed by atoms with Crippen LogP contribution >= 0.6 is 11.3 Å². The molecule has 2 heteroatoms. The van der Waals surface area contributed by atoms with Gasteiger partial charge in [-0.15, -0.1) is 16.9 Å². The lowest BCUT2D eigenvalue weighted by Gasteiger charge is -2.20. The van der Waals surface area contributed by atoms with Gasteiger partial charge in [0.15, 0.2) is 0 Å². The molecule has 0 aliphatic rings. The SMILES string of the molecule is CC[Si](C#Cc1ccsc1-c1cccc2cc3ccccc3cc12)(CC)CC. The zero-order valence-corrected chi connectivity index (χ0v) is 18.7. The number of rotatable bonds is 4. The van der Waals surface area contributed by atoms with Gasteiger partial charge in [0.25, 0.3) is 0 Å². The smallest absolute Gasteiger partial charge is 0.138 e. The molecule has 0 radical (unpaired) electrons. The van der Waals surface area contributed by atoms with Crippen molar-refractivity contribution in [2.45, 2.75) is 38.9 Å². The monoisotopic (exact) mass is 398 g/mol. The average Bonchev–Trinajstić information content (AvgIpc) is 3.21. The number of fused-ring (bicyclic) bond motifs is 2. The van der Waals surface area contributed by atoms with E-state index < -0.39 is 8.07 Å². The lowest BCUT2D eigenvalue weighted by Crippen LogP contribution is -2.29. The Balaban J connectivity index is 1.87. The molecule has 0 bridgehead atoms. The van der Waals surface area contributed by atoms with Crippen molar-refractivity contribution in [3.8, 4) is 21.9 Å². The second-order valence-electron chi connectivity index (χ2n) is 7.48. The minimum absolute atomic E-state index is 1.19. The number of thiophene rings is 1. The fourth-order valence-corrected chi connectivity index (χ4v) is 7.32. The van der Waals surface area contributed by atoms with E-state index in [1.165, 1.54) is 55.7 Å². The van der Waals surface area contributed by atoms with Gasteiger partial charge < -0.3 is 0 Å². The maximum atomic E-state index is 3.77. The quantitative estimate of drug-likeness (QED) is 0.185. The molecular weight excluding hydrogens is 372 g/mol. The first-order valence-corrected chi connectivity index (χ1v) is 13.7. The third-order valence-electron chi connectivity index (χ3n) is 6.15. The molecule has 0 fully saturated rings. The van der Waals surface area contributed by atoms with Crippen LogP contribution in [0, 0.1) is 11.5 Å². The molecule has 0 aliphatic heterocycles. The highest BCUT2D eigenvalue weighted by Crippen LogP contribution is 2.36. The highest BCUT2D eigenvalue weighted by molar-refractivity contribution is 7.14. The predicted molar refractivity (Wildman–Crippen MR) is 129 cm³/mol. The van der Waals surface area contributed by atoms with Crippen molar-refractivity contribution in [1.82, 2.24) is 0 Å². The van der Waals surface area contributed by atoms with Crippen LogP contribution in [0.5, 0.6) is 0 Å². The molecule has 1 heterocycles. The fourth-order valence-electron chi connectivity index (χ4n) is 4.00. The van der Waals surface area contributed by atoms with Crippen LogP contribution in [0.3, 0.4) is 0 Å². The van der Waals surface area contributed by atoms with Gasteiger partial charge in [-0.2, -0.15) is 0 Å². The molecule has 0 N–H and O–H groups in total. The van der Waals surface area contributed by atoms with Crippen LogP contribution < -0.4 is 0 Å². The van der Waals surface area contributed by atoms with Gasteiger partial charge in [-0.1, -0.05) is 69.2 Å². The molecule has 4 aromatic rings. The van der Waals surface area contributed by atoms with E-state index in [1.54, 1.807) is 0 Å². The van der Waals surface area contributed by atoms with Gasteiger partial charge in [-0.25, -0.2) is 0 Å². The Morgan fingerprint density at radius 1 is 0.786 bits per heavy atom. The average molecular weight is 399 g/mol. The van der Waals surface area contributed by atoms with E-state index in [-0.39, 0.29) is 0 Å². The first kappa shape index (κ1) is 19.0. The molecule has 0 aliphatic carbocycles. The zero-order valence-electron chi connectivity index (χ0n) is 16.9. The van der Waals surface area contributed by atoms with E-state index in [9.17, 15) is 0 Å². The van der Waals surface area contributed by atoms with Gasteiger partial charge in [0.2, 0.25) is 0 Å². The lowest BCUT2D eigenvalue weighted by atomic mass is 9.98. The molecule has 0 amide bonds. The predicted octanol–water partition coefficient (Wildman–Crippen LogP) is 8.12. The summed E-state index contributed by atoms with van der Waals surface area (Å²) in [5.74, 6) is 3.61. The third kappa shape index (κ3) is 3.41. The first-order valence-electron chi connectivity index (χ1n) is 10.2. The Labute approximate surface area is 173 Å². The summed E-state index contributed by atoms with van der Waals surface area (Å²) in [5, 5.41) is 7.38. The molecule has 0 saturated carbocycles. The van der Waals surface area contributed by atoms with Crippen molar-refractivity contribution in [2.75, 3.05) is 0 Å². The molecule has 4 rings (SSSR count). The van der Waals surface area contributed by atoms with E-state index in [0.717, 1.165) is 0 Å². The molecule has 0 nitrogen and oxygen atoms in total. The molecule has 0 saturated heterocycles. The Hall–Kier alpha value is -2.34. The summed E-state index contributed by atoms with van der Waals surface area (Å²) in [6.07, 6.45) is 0. The van der Waals surface area contributed by atoms with Crippen LogP contribution in [0.4, 0.5) is 0 Å². The summed E-state index contributed by atoms with van der Waals surface area (Å²) in [5.41, 5.74) is 6.27. The van der Waals surface area contributed by atoms with Gasteiger partial charge >= 0.3 is 0 Å². The minimum Gasteiger partial charge on any atom is -0.142 e. The van der Waals surface area contributed by atoms with Crippen LogP contribution in [-0.2, 0) is 0 Å². The summed E-state index contributed by atoms with van der Waals surface area (Å²) in [6, 6.07) is 25.8. The van der Waals surface area contributed by atoms with Crippen molar-refractivity contribution < 1.29 is 0 Å². The van der Waals surface area contributed by atoms with E-state index in [0.29, 0.717) is 0 Å². The van der Waals surface area contributed by atoms with Crippen LogP contribution in [0.15, 0.2) is 66.0 Å². The van der Waals surface area contributed by atoms with Gasteiger partial charge in [0, 0.05) is 11.1 Å². The van der Waals surface area contributed by atoms with Crippen molar-refractivity contribution in [3.63, 3.8) is 0 Å². The number of hydrogen-bond donors (Lipinski definition) is 0. The van der Waals surface area contributed by atoms with E-state index >= 15 is 0 Å². The normalized spacial score (nSPS) is 11.5. The van der Waals surface area contributed by atoms with E-state index in [2.05, 4.69) is 98.3 Å². The van der Waals surface area contributed by atoms with Crippen molar-refractivity contribution in [1.29, 1.82) is 0 Å². The molecule has 140 valence electrons. The Morgan fingerprint density at radius 2 is 1.46 bits per heavy atom. The summed E-state index contributed by atoms with van der Waals surface area (Å²) in [7, 11) is -1.44. The van der Waals surface area contributed by atoms with Crippen LogP contribution in [0.2, 0.25) is 18.1 Å². The summed E-state index contributed by atoms with van der Waals surface area (Å²) >= 11 is 1.81. The maximum Gasteiger partial charge on any atom is 0.138 e. The van der Waals surface area contributed by atoms with Gasteiger partial charge in [0.1, 0.15) is 8.07 Å². The fraction of sp³-hybridized carbons (Fsp3) is 0.231. The molecular formula is C26H26SSi. The Morgan fingerprint density at radius 3 is 2.18 bits per heavy atom. The number of benzene rings is 3. The molecule has 28 heavy (non-hydrogen) atoms. The third-order valence-corrected chi connectivity index (χ3v) is 11.8. The Kier molecular flexibility index (Phi) is 5.39. The second-order valence-corrected chi connectivity index (χ2v) is 13.3. The highest BCUT2D eigenvalue weighted by atomic mass is 32.1. The zero-order chi connectivity index (χ0) is 19.6. The lowest BCUT2D eigenvalue weighted by molar-refractivity contribution is 1.20. The molecule has 0 unspecified atom stereocenters. The molecule has 0 atom stereocenters. The van der Waals surface area contributed by atoms with Crippen LogP contribution in [-0.4, -0.2) is 8.07 Å². The molecule has 3 aromatic carbocycles. The Bertz CT molecular complexity index is 1180. The van der Waals surface area contributed by atoms with Crippen LogP contribution in [0.25, 0.3) is 32.0 Å². The first-order chi connectivity index (χ1) is 13.7. The van der Waals surface area contributed by atoms with Gasteiger partial charge in [0.05, 0.1) is 4.88 Å². The number of hydrogen-bond acceptors (Lipinski definition) is 1. The molecule has 1 aromatic heterocycles. The topological polar surface area (TPSA) is 0 Å². The summed E-state index contributed by atoms with van der Waals surface area (Å²) in [6.45, 7) is 6.95. The molecule has 0 spiro atoms. The standard InChI is InChI=1S/C26H26SSi/c1-4-28(5-2,6-3)17-15-20-14-16-27-26(20)24-13-9-12-23-18-21-10-7-8-11-22(21)19-25(23)24/h7-14,16,18-19H,4-6H2,1-3H3. The van der Waals surface area contributed by atoms with Crippen molar-refractivity contribution in [2.24, 2.45) is 0 Å². The van der Waals surface area contributed by atoms with Gasteiger partial charge in [-0.05, 0) is 63.3 Å². The van der Waals surface area contributed by atoms with Gasteiger partial charge in [-0.3, -0.25) is 0 Å². The highest BCUT2D eigenvalue weighted by Gasteiger charge is 2.24. The summed E-state index contributed by atoms with van der Waals surface area (Å²) < 4.78 is 0. The van der Waals surface area contributed by atoms with Crippen molar-refractivity contribution >= 4 is 41.0 Å². The maximum absolute atomic E-state index is 3.77. The van der Waals surface area contributed by atoms with Crippen molar-refractivity contribution in [3.05, 3.63) is 71.6 Å². The van der Waals surface area contributed by atoms with E-state index in [4.69, 9.17) is 0 Å². The minimum atomic E-state index is -1.44. The van der Waals surface area contributed by atoms with Crippen LogP contribution in [0.1, 0.15) is 26.3 Å². The largest absolute Gasteiger partial charge is 0.142 e. The second kappa shape index (κ2) is 7.95.